The summed E-state index contributed by atoms with van der Waals surface area (Å²) in [5.41, 5.74) is 1.38. The quantitative estimate of drug-likeness (QED) is 0.664. The van der Waals surface area contributed by atoms with E-state index in [1.807, 2.05) is 38.1 Å². The van der Waals surface area contributed by atoms with Gasteiger partial charge in [-0.1, -0.05) is 19.1 Å². The van der Waals surface area contributed by atoms with E-state index in [9.17, 15) is 9.90 Å². The highest BCUT2D eigenvalue weighted by Gasteiger charge is 2.59. The highest BCUT2D eigenvalue weighted by Crippen LogP contribution is 2.65. The number of nitrogens with zero attached hydrogens (tertiary/aromatic N) is 3. The number of ketones is 1. The lowest BCUT2D eigenvalue weighted by Gasteiger charge is -2.57. The van der Waals surface area contributed by atoms with Crippen LogP contribution in [-0.2, 0) is 4.79 Å². The van der Waals surface area contributed by atoms with Gasteiger partial charge >= 0.3 is 0 Å². The van der Waals surface area contributed by atoms with Crippen LogP contribution < -0.4 is 0 Å². The number of aliphatic hydroxyl groups is 1. The van der Waals surface area contributed by atoms with Gasteiger partial charge in [-0.3, -0.25) is 4.79 Å². The Morgan fingerprint density at radius 2 is 1.67 bits per heavy atom. The van der Waals surface area contributed by atoms with Gasteiger partial charge in [-0.2, -0.15) is 15.0 Å². The minimum atomic E-state index is -0.455. The number of carbonyl (C=O) groups excluding carboxylic acids is 1. The Hall–Kier alpha value is -1.75. The predicted octanol–water partition coefficient (Wildman–Crippen LogP) is 5.58. The molecule has 0 aliphatic heterocycles. The number of hydrogen-bond acceptors (Lipinski definition) is 4. The van der Waals surface area contributed by atoms with Crippen molar-refractivity contribution in [3.63, 3.8) is 0 Å². The molecule has 0 bridgehead atoms. The molecule has 1 heterocycles. The highest BCUT2D eigenvalue weighted by atomic mass is 16.3. The summed E-state index contributed by atoms with van der Waals surface area (Å²) in [6.45, 7) is 6.46. The molecule has 5 nitrogen and oxygen atoms in total. The second-order valence-corrected chi connectivity index (χ2v) is 12.4. The summed E-state index contributed by atoms with van der Waals surface area (Å²) in [5, 5.41) is 19.9. The van der Waals surface area contributed by atoms with E-state index in [1.165, 1.54) is 38.5 Å². The van der Waals surface area contributed by atoms with E-state index in [4.69, 9.17) is 0 Å². The van der Waals surface area contributed by atoms with E-state index in [1.54, 1.807) is 4.80 Å². The van der Waals surface area contributed by atoms with Crippen molar-refractivity contribution in [1.82, 2.24) is 15.0 Å². The smallest absolute Gasteiger partial charge is 0.162 e. The topological polar surface area (TPSA) is 68.0 Å². The molecular formula is C28H39N3O2. The van der Waals surface area contributed by atoms with Crippen LogP contribution in [0.3, 0.4) is 0 Å². The second kappa shape index (κ2) is 7.63. The minimum absolute atomic E-state index is 0.117. The summed E-state index contributed by atoms with van der Waals surface area (Å²) in [4.78, 5) is 15.5. The summed E-state index contributed by atoms with van der Waals surface area (Å²) in [5.74, 6) is 4.21. The molecule has 6 rings (SSSR count). The monoisotopic (exact) mass is 449 g/mol. The van der Waals surface area contributed by atoms with Crippen molar-refractivity contribution in [2.75, 3.05) is 0 Å². The third-order valence-corrected chi connectivity index (χ3v) is 10.6. The molecule has 9 atom stereocenters. The van der Waals surface area contributed by atoms with Gasteiger partial charge in [0.2, 0.25) is 0 Å². The third kappa shape index (κ3) is 3.40. The second-order valence-electron chi connectivity index (χ2n) is 12.4. The van der Waals surface area contributed by atoms with Crippen LogP contribution in [-0.4, -0.2) is 31.5 Å². The van der Waals surface area contributed by atoms with E-state index < -0.39 is 5.60 Å². The fourth-order valence-electron chi connectivity index (χ4n) is 9.00. The summed E-state index contributed by atoms with van der Waals surface area (Å²) in [6.07, 6.45) is 10.4. The first-order chi connectivity index (χ1) is 15.8. The van der Waals surface area contributed by atoms with Crippen molar-refractivity contribution in [2.24, 2.45) is 40.9 Å². The van der Waals surface area contributed by atoms with Crippen molar-refractivity contribution in [1.29, 1.82) is 0 Å². The first-order valence-electron chi connectivity index (χ1n) is 13.3. The summed E-state index contributed by atoms with van der Waals surface area (Å²) >= 11 is 0. The van der Waals surface area contributed by atoms with Gasteiger partial charge in [-0.25, -0.2) is 0 Å². The zero-order chi connectivity index (χ0) is 23.0. The number of Topliss-reactive ketones (excluding diaryl/α,β-unsaturated/α-hetero) is 1. The van der Waals surface area contributed by atoms with E-state index in [-0.39, 0.29) is 17.4 Å². The lowest BCUT2D eigenvalue weighted by molar-refractivity contribution is -0.135. The average Bonchev–Trinajstić information content (AvgIpc) is 3.38. The van der Waals surface area contributed by atoms with Gasteiger partial charge in [0.15, 0.2) is 5.78 Å². The highest BCUT2D eigenvalue weighted by molar-refractivity contribution is 5.86. The molecule has 1 aromatic carbocycles. The standard InChI is InChI=1S/C28H39N3O2/c1-17(31-29-24-6-4-5-7-25(24)30-31)26(32)23-11-10-22-21-9-8-18-16-27(2,33)14-12-19(18)20(21)13-15-28(22,23)3/h4-7,17-23,33H,8-16H2,1-3H3/t17?,18-,19+,20-,21-,22+,23-,27-,28+/m1/s1. The van der Waals surface area contributed by atoms with E-state index in [2.05, 4.69) is 17.1 Å². The Balaban J connectivity index is 1.21. The van der Waals surface area contributed by atoms with Crippen molar-refractivity contribution in [3.05, 3.63) is 24.3 Å². The Bertz CT molecular complexity index is 1030. The van der Waals surface area contributed by atoms with Crippen molar-refractivity contribution in [2.45, 2.75) is 90.2 Å². The van der Waals surface area contributed by atoms with Gasteiger partial charge in [0.05, 0.1) is 5.60 Å². The number of rotatable bonds is 3. The van der Waals surface area contributed by atoms with E-state index in [0.717, 1.165) is 48.0 Å². The average molecular weight is 450 g/mol. The molecule has 5 heteroatoms. The fourth-order valence-corrected chi connectivity index (χ4v) is 9.00. The van der Waals surface area contributed by atoms with Crippen molar-refractivity contribution >= 4 is 16.8 Å². The molecule has 1 unspecified atom stereocenters. The molecule has 4 saturated carbocycles. The molecule has 1 aromatic heterocycles. The van der Waals surface area contributed by atoms with Gasteiger partial charge < -0.3 is 5.11 Å². The zero-order valence-corrected chi connectivity index (χ0v) is 20.4. The summed E-state index contributed by atoms with van der Waals surface area (Å²) in [6, 6.07) is 7.55. The number of carbonyl (C=O) groups is 1. The molecule has 4 aliphatic carbocycles. The number of aromatic nitrogens is 3. The van der Waals surface area contributed by atoms with Crippen LogP contribution in [0.2, 0.25) is 0 Å². The van der Waals surface area contributed by atoms with Crippen LogP contribution in [0.5, 0.6) is 0 Å². The maximum absolute atomic E-state index is 13.8. The molecule has 2 aromatic rings. The van der Waals surface area contributed by atoms with Crippen LogP contribution in [0.4, 0.5) is 0 Å². The normalized spacial score (nSPS) is 43.5. The molecule has 4 fully saturated rings. The Kier molecular flexibility index (Phi) is 5.03. The number of fused-ring (bicyclic) bond motifs is 6. The molecule has 0 saturated heterocycles. The maximum atomic E-state index is 13.8. The molecule has 0 amide bonds. The molecule has 178 valence electrons. The van der Waals surface area contributed by atoms with E-state index >= 15 is 0 Å². The van der Waals surface area contributed by atoms with E-state index in [0.29, 0.717) is 17.6 Å². The largest absolute Gasteiger partial charge is 0.390 e. The Morgan fingerprint density at radius 1 is 0.970 bits per heavy atom. The van der Waals surface area contributed by atoms with Crippen molar-refractivity contribution < 1.29 is 9.90 Å². The minimum Gasteiger partial charge on any atom is -0.390 e. The van der Waals surface area contributed by atoms with Crippen LogP contribution in [0.1, 0.15) is 84.6 Å². The number of benzene rings is 1. The van der Waals surface area contributed by atoms with Gasteiger partial charge in [-0.05, 0) is 119 Å². The Morgan fingerprint density at radius 3 is 2.39 bits per heavy atom. The molecule has 1 N–H and O–H groups in total. The molecule has 0 radical (unpaired) electrons. The Labute approximate surface area is 197 Å². The molecular weight excluding hydrogens is 410 g/mol. The zero-order valence-electron chi connectivity index (χ0n) is 20.4. The van der Waals surface area contributed by atoms with Crippen LogP contribution >= 0.6 is 0 Å². The fraction of sp³-hybridized carbons (Fsp3) is 0.750. The lowest BCUT2D eigenvalue weighted by Crippen LogP contribution is -2.51. The van der Waals surface area contributed by atoms with Crippen molar-refractivity contribution in [3.8, 4) is 0 Å². The molecule has 4 aliphatic rings. The van der Waals surface area contributed by atoms with Crippen LogP contribution in [0, 0.1) is 40.9 Å². The summed E-state index contributed by atoms with van der Waals surface area (Å²) < 4.78 is 0. The van der Waals surface area contributed by atoms with Crippen LogP contribution in [0.25, 0.3) is 11.0 Å². The lowest BCUT2D eigenvalue weighted by atomic mass is 9.49. The summed E-state index contributed by atoms with van der Waals surface area (Å²) in [7, 11) is 0. The third-order valence-electron chi connectivity index (χ3n) is 10.6. The van der Waals surface area contributed by atoms with Crippen LogP contribution in [0.15, 0.2) is 24.3 Å². The van der Waals surface area contributed by atoms with Gasteiger partial charge in [-0.15, -0.1) is 0 Å². The number of hydrogen-bond donors (Lipinski definition) is 1. The first-order valence-corrected chi connectivity index (χ1v) is 13.3. The SMILES string of the molecule is CC(C(=O)[C@H]1CC[C@H]2[C@@H]3CC[C@@H]4C[C@](C)(O)CC[C@@H]4[C@H]3CC[C@]12C)n1nc2ccccc2n1. The molecule has 33 heavy (non-hydrogen) atoms. The maximum Gasteiger partial charge on any atom is 0.162 e. The first kappa shape index (κ1) is 21.8. The van der Waals surface area contributed by atoms with Gasteiger partial charge in [0, 0.05) is 5.92 Å². The predicted molar refractivity (Wildman–Crippen MR) is 128 cm³/mol. The molecule has 0 spiro atoms. The van der Waals surface area contributed by atoms with Gasteiger partial charge in [0.25, 0.3) is 0 Å². The van der Waals surface area contributed by atoms with Gasteiger partial charge in [0.1, 0.15) is 17.1 Å².